The lowest BCUT2D eigenvalue weighted by molar-refractivity contribution is 0.0769. The standard InChI is InChI=1S/C14H18N4O3/c1-5-11-16-17-12(21-11)7-18(4)14(20)13-9(3)15-8(2)6-10(13)19/h6H,5,7H2,1-4H3,(H,15,19). The van der Waals surface area contributed by atoms with Gasteiger partial charge in [0.25, 0.3) is 5.91 Å². The molecule has 7 heteroatoms. The highest BCUT2D eigenvalue weighted by molar-refractivity contribution is 5.94. The summed E-state index contributed by atoms with van der Waals surface area (Å²) in [5, 5.41) is 7.71. The van der Waals surface area contributed by atoms with Gasteiger partial charge in [-0.1, -0.05) is 6.92 Å². The van der Waals surface area contributed by atoms with Crippen LogP contribution in [0.5, 0.6) is 0 Å². The Morgan fingerprint density at radius 3 is 2.57 bits per heavy atom. The summed E-state index contributed by atoms with van der Waals surface area (Å²) in [4.78, 5) is 28.8. The van der Waals surface area contributed by atoms with Crippen LogP contribution in [0.15, 0.2) is 15.3 Å². The van der Waals surface area contributed by atoms with Gasteiger partial charge in [0.1, 0.15) is 5.56 Å². The molecule has 0 fully saturated rings. The van der Waals surface area contributed by atoms with Crippen LogP contribution in [-0.2, 0) is 13.0 Å². The van der Waals surface area contributed by atoms with E-state index in [-0.39, 0.29) is 23.4 Å². The minimum atomic E-state index is -0.370. The van der Waals surface area contributed by atoms with Crippen LogP contribution in [-0.4, -0.2) is 33.0 Å². The average molecular weight is 290 g/mol. The van der Waals surface area contributed by atoms with Crippen molar-refractivity contribution in [1.82, 2.24) is 20.1 Å². The first-order chi connectivity index (χ1) is 9.92. The normalized spacial score (nSPS) is 10.7. The second-order valence-electron chi connectivity index (χ2n) is 4.92. The maximum Gasteiger partial charge on any atom is 0.259 e. The number of nitrogens with one attached hydrogen (secondary N) is 1. The summed E-state index contributed by atoms with van der Waals surface area (Å²) in [5.41, 5.74) is 1.12. The molecule has 0 aliphatic heterocycles. The third kappa shape index (κ3) is 3.18. The lowest BCUT2D eigenvalue weighted by Gasteiger charge is -2.16. The molecule has 0 aromatic carbocycles. The predicted octanol–water partition coefficient (Wildman–Crippen LogP) is 1.21. The molecule has 2 aromatic rings. The molecule has 2 aromatic heterocycles. The van der Waals surface area contributed by atoms with E-state index in [0.29, 0.717) is 23.9 Å². The molecular weight excluding hydrogens is 272 g/mol. The second-order valence-corrected chi connectivity index (χ2v) is 4.92. The van der Waals surface area contributed by atoms with E-state index in [4.69, 9.17) is 4.42 Å². The number of hydrogen-bond acceptors (Lipinski definition) is 5. The van der Waals surface area contributed by atoms with Crippen LogP contribution in [0.2, 0.25) is 0 Å². The smallest absolute Gasteiger partial charge is 0.259 e. The monoisotopic (exact) mass is 290 g/mol. The summed E-state index contributed by atoms with van der Waals surface area (Å²) in [6.45, 7) is 5.55. The lowest BCUT2D eigenvalue weighted by Crippen LogP contribution is -2.32. The molecule has 0 aliphatic rings. The molecule has 0 atom stereocenters. The van der Waals surface area contributed by atoms with Gasteiger partial charge in [-0.25, -0.2) is 0 Å². The van der Waals surface area contributed by atoms with Gasteiger partial charge in [0.05, 0.1) is 6.54 Å². The van der Waals surface area contributed by atoms with Gasteiger partial charge in [0, 0.05) is 30.9 Å². The number of aryl methyl sites for hydroxylation is 3. The molecule has 0 aliphatic carbocycles. The molecule has 0 unspecified atom stereocenters. The number of amides is 1. The van der Waals surface area contributed by atoms with Gasteiger partial charge in [0.2, 0.25) is 11.8 Å². The summed E-state index contributed by atoms with van der Waals surface area (Å²) < 4.78 is 5.37. The molecule has 0 spiro atoms. The number of hydrogen-bond donors (Lipinski definition) is 1. The van der Waals surface area contributed by atoms with Crippen molar-refractivity contribution in [3.8, 4) is 0 Å². The van der Waals surface area contributed by atoms with E-state index in [1.165, 1.54) is 11.0 Å². The third-order valence-corrected chi connectivity index (χ3v) is 3.10. The first-order valence-corrected chi connectivity index (χ1v) is 6.69. The molecule has 1 N–H and O–H groups in total. The van der Waals surface area contributed by atoms with Crippen molar-refractivity contribution in [3.05, 3.63) is 45.0 Å². The van der Waals surface area contributed by atoms with Gasteiger partial charge in [0.15, 0.2) is 5.43 Å². The zero-order chi connectivity index (χ0) is 15.6. The van der Waals surface area contributed by atoms with Crippen LogP contribution >= 0.6 is 0 Å². The number of carbonyl (C=O) groups excluding carboxylic acids is 1. The average Bonchev–Trinajstić information content (AvgIpc) is 2.85. The molecule has 7 nitrogen and oxygen atoms in total. The molecule has 112 valence electrons. The van der Waals surface area contributed by atoms with Crippen molar-refractivity contribution in [2.24, 2.45) is 0 Å². The summed E-state index contributed by atoms with van der Waals surface area (Å²) >= 11 is 0. The SMILES string of the molecule is CCc1nnc(CN(C)C(=O)c2c(C)[nH]c(C)cc2=O)o1. The number of aromatic nitrogens is 3. The van der Waals surface area contributed by atoms with E-state index in [0.717, 1.165) is 5.69 Å². The molecule has 21 heavy (non-hydrogen) atoms. The van der Waals surface area contributed by atoms with Crippen LogP contribution in [0.25, 0.3) is 0 Å². The Hall–Kier alpha value is -2.44. The third-order valence-electron chi connectivity index (χ3n) is 3.10. The first-order valence-electron chi connectivity index (χ1n) is 6.69. The van der Waals surface area contributed by atoms with Gasteiger partial charge < -0.3 is 14.3 Å². The zero-order valence-electron chi connectivity index (χ0n) is 12.6. The maximum absolute atomic E-state index is 12.4. The quantitative estimate of drug-likeness (QED) is 0.913. The van der Waals surface area contributed by atoms with Gasteiger partial charge in [-0.3, -0.25) is 9.59 Å². The Bertz CT molecular complexity index is 717. The van der Waals surface area contributed by atoms with Gasteiger partial charge in [-0.2, -0.15) is 0 Å². The summed E-state index contributed by atoms with van der Waals surface area (Å²) in [6, 6.07) is 1.41. The molecule has 2 rings (SSSR count). The summed E-state index contributed by atoms with van der Waals surface area (Å²) in [5.74, 6) is 0.504. The molecular formula is C14H18N4O3. The first kappa shape index (κ1) is 15.0. The summed E-state index contributed by atoms with van der Waals surface area (Å²) in [6.07, 6.45) is 0.640. The van der Waals surface area contributed by atoms with Crippen molar-refractivity contribution >= 4 is 5.91 Å². The van der Waals surface area contributed by atoms with E-state index in [9.17, 15) is 9.59 Å². The van der Waals surface area contributed by atoms with E-state index in [1.807, 2.05) is 6.92 Å². The van der Waals surface area contributed by atoms with Gasteiger partial charge in [-0.15, -0.1) is 10.2 Å². The van der Waals surface area contributed by atoms with E-state index in [1.54, 1.807) is 20.9 Å². The van der Waals surface area contributed by atoms with Crippen LogP contribution in [0.1, 0.15) is 40.5 Å². The fourth-order valence-corrected chi connectivity index (χ4v) is 2.07. The molecule has 0 bridgehead atoms. The van der Waals surface area contributed by atoms with Crippen molar-refractivity contribution in [2.75, 3.05) is 7.05 Å². The van der Waals surface area contributed by atoms with Crippen LogP contribution in [0.4, 0.5) is 0 Å². The number of rotatable bonds is 4. The fraction of sp³-hybridized carbons (Fsp3) is 0.429. The molecule has 0 saturated carbocycles. The molecule has 0 radical (unpaired) electrons. The van der Waals surface area contributed by atoms with Crippen molar-refractivity contribution in [3.63, 3.8) is 0 Å². The lowest BCUT2D eigenvalue weighted by atomic mass is 10.1. The highest BCUT2D eigenvalue weighted by atomic mass is 16.4. The zero-order valence-corrected chi connectivity index (χ0v) is 12.6. The Labute approximate surface area is 122 Å². The number of H-pyrrole nitrogens is 1. The Kier molecular flexibility index (Phi) is 4.21. The van der Waals surface area contributed by atoms with Crippen LogP contribution in [0.3, 0.4) is 0 Å². The topological polar surface area (TPSA) is 92.1 Å². The van der Waals surface area contributed by atoms with Crippen molar-refractivity contribution < 1.29 is 9.21 Å². The second kappa shape index (κ2) is 5.90. The van der Waals surface area contributed by atoms with Crippen molar-refractivity contribution in [1.29, 1.82) is 0 Å². The Morgan fingerprint density at radius 1 is 1.33 bits per heavy atom. The Balaban J connectivity index is 2.21. The largest absolute Gasteiger partial charge is 0.423 e. The van der Waals surface area contributed by atoms with E-state index >= 15 is 0 Å². The van der Waals surface area contributed by atoms with Crippen LogP contribution in [0, 0.1) is 13.8 Å². The fourth-order valence-electron chi connectivity index (χ4n) is 2.07. The number of carbonyl (C=O) groups is 1. The number of aromatic amines is 1. The molecule has 1 amide bonds. The number of nitrogens with zero attached hydrogens (tertiary/aromatic N) is 3. The minimum absolute atomic E-state index is 0.137. The van der Waals surface area contributed by atoms with Gasteiger partial charge >= 0.3 is 0 Å². The maximum atomic E-state index is 12.4. The van der Waals surface area contributed by atoms with E-state index in [2.05, 4.69) is 15.2 Å². The highest BCUT2D eigenvalue weighted by Gasteiger charge is 2.20. The summed E-state index contributed by atoms with van der Waals surface area (Å²) in [7, 11) is 1.59. The van der Waals surface area contributed by atoms with Crippen molar-refractivity contribution in [2.45, 2.75) is 33.7 Å². The van der Waals surface area contributed by atoms with Gasteiger partial charge in [-0.05, 0) is 13.8 Å². The number of pyridine rings is 1. The Morgan fingerprint density at radius 2 is 2.00 bits per heavy atom. The minimum Gasteiger partial charge on any atom is -0.423 e. The van der Waals surface area contributed by atoms with Crippen LogP contribution < -0.4 is 5.43 Å². The predicted molar refractivity (Wildman–Crippen MR) is 76.0 cm³/mol. The highest BCUT2D eigenvalue weighted by Crippen LogP contribution is 2.08. The molecule has 2 heterocycles. The van der Waals surface area contributed by atoms with E-state index < -0.39 is 0 Å². The molecule has 0 saturated heterocycles.